The predicted octanol–water partition coefficient (Wildman–Crippen LogP) is 1.47. The first-order valence-corrected chi connectivity index (χ1v) is 7.98. The van der Waals surface area contributed by atoms with Crippen molar-refractivity contribution in [3.8, 4) is 0 Å². The highest BCUT2D eigenvalue weighted by Crippen LogP contribution is 2.38. The molecule has 4 bridgehead atoms. The second kappa shape index (κ2) is 5.46. The Morgan fingerprint density at radius 2 is 1.20 bits per heavy atom. The maximum atomic E-state index is 5.38. The van der Waals surface area contributed by atoms with Crippen LogP contribution in [-0.4, -0.2) is 56.9 Å². The lowest BCUT2D eigenvalue weighted by Gasteiger charge is -2.49. The molecule has 6 heterocycles. The third-order valence-electron chi connectivity index (χ3n) is 3.95. The van der Waals surface area contributed by atoms with Crippen LogP contribution in [0.15, 0.2) is 0 Å². The number of rotatable bonds is 1. The molecular weight excluding hydrogens is 332 g/mol. The summed E-state index contributed by atoms with van der Waals surface area (Å²) in [5, 5.41) is 0.871. The van der Waals surface area contributed by atoms with E-state index in [1.165, 1.54) is 0 Å². The van der Waals surface area contributed by atoms with Crippen LogP contribution in [0.1, 0.15) is 13.8 Å². The van der Waals surface area contributed by atoms with E-state index in [0.717, 1.165) is 45.0 Å². The topological polar surface area (TPSA) is 55.4 Å². The van der Waals surface area contributed by atoms with Crippen molar-refractivity contribution in [1.29, 1.82) is 0 Å². The first kappa shape index (κ1) is 15.1. The molecule has 6 aliphatic heterocycles. The van der Waals surface area contributed by atoms with Crippen LogP contribution in [0.3, 0.4) is 0 Å². The minimum Gasteiger partial charge on any atom is -0.327 e. The van der Waals surface area contributed by atoms with Gasteiger partial charge in [-0.05, 0) is 0 Å². The highest BCUT2D eigenvalue weighted by molar-refractivity contribution is 9.09. The van der Waals surface area contributed by atoms with Gasteiger partial charge in [0.1, 0.15) is 0 Å². The summed E-state index contributed by atoms with van der Waals surface area (Å²) in [7, 11) is 0. The van der Waals surface area contributed by atoms with Crippen LogP contribution < -0.4 is 0 Å². The summed E-state index contributed by atoms with van der Waals surface area (Å²) in [5.41, 5.74) is 0.0533. The van der Waals surface area contributed by atoms with Gasteiger partial charge in [-0.2, -0.15) is 0 Å². The molecule has 6 fully saturated rings. The van der Waals surface area contributed by atoms with Crippen molar-refractivity contribution in [2.45, 2.75) is 25.8 Å². The lowest BCUT2D eigenvalue weighted by molar-refractivity contribution is -0.456. The van der Waals surface area contributed by atoms with Gasteiger partial charge in [0.15, 0.2) is 0 Å². The van der Waals surface area contributed by atoms with Gasteiger partial charge in [-0.25, -0.2) is 0 Å². The largest absolute Gasteiger partial charge is 0.327 e. The number of hydrogen-bond acceptors (Lipinski definition) is 6. The van der Waals surface area contributed by atoms with E-state index >= 15 is 0 Å². The first-order valence-electron chi connectivity index (χ1n) is 6.86. The Kier molecular flexibility index (Phi) is 4.14. The number of fused-ring (bicyclic) bond motifs is 6. The molecule has 0 N–H and O–H groups in total. The van der Waals surface area contributed by atoms with Gasteiger partial charge in [0, 0.05) is 25.1 Å². The molecular formula is C13H21BrO6. The van der Waals surface area contributed by atoms with E-state index in [2.05, 4.69) is 15.9 Å². The third-order valence-corrected chi connectivity index (χ3v) is 5.14. The molecule has 7 heteroatoms. The van der Waals surface area contributed by atoms with E-state index in [1.54, 1.807) is 0 Å². The van der Waals surface area contributed by atoms with Crippen molar-refractivity contribution in [2.75, 3.05) is 45.0 Å². The summed E-state index contributed by atoms with van der Waals surface area (Å²) >= 11 is 3.43. The monoisotopic (exact) mass is 352 g/mol. The minimum atomic E-state index is -0.760. The quantitative estimate of drug-likeness (QED) is 0.666. The van der Waals surface area contributed by atoms with Crippen molar-refractivity contribution in [1.82, 2.24) is 0 Å². The van der Waals surface area contributed by atoms with Gasteiger partial charge in [-0.1, -0.05) is 15.9 Å². The predicted molar refractivity (Wildman–Crippen MR) is 72.2 cm³/mol. The fraction of sp³-hybridized carbons (Fsp3) is 1.00. The molecule has 6 saturated heterocycles. The van der Waals surface area contributed by atoms with Gasteiger partial charge in [-0.3, -0.25) is 0 Å². The molecule has 6 nitrogen and oxygen atoms in total. The summed E-state index contributed by atoms with van der Waals surface area (Å²) in [6.07, 6.45) is 0. The molecule has 0 aromatic rings. The van der Waals surface area contributed by atoms with Crippen molar-refractivity contribution in [2.24, 2.45) is 11.3 Å². The summed E-state index contributed by atoms with van der Waals surface area (Å²) in [4.78, 5) is 0. The highest BCUT2D eigenvalue weighted by atomic mass is 79.9. The normalized spacial score (nSPS) is 49.6. The molecule has 0 amide bonds. The van der Waals surface area contributed by atoms with Crippen LogP contribution in [0.25, 0.3) is 0 Å². The van der Waals surface area contributed by atoms with E-state index in [1.807, 2.05) is 13.8 Å². The lowest BCUT2D eigenvalue weighted by atomic mass is 9.92. The number of hydrogen-bond donors (Lipinski definition) is 0. The Morgan fingerprint density at radius 3 is 1.50 bits per heavy atom. The first-order chi connectivity index (χ1) is 9.47. The van der Waals surface area contributed by atoms with Crippen LogP contribution >= 0.6 is 15.9 Å². The van der Waals surface area contributed by atoms with Gasteiger partial charge >= 0.3 is 0 Å². The van der Waals surface area contributed by atoms with Gasteiger partial charge in [0.2, 0.25) is 0 Å². The average molecular weight is 353 g/mol. The van der Waals surface area contributed by atoms with Crippen molar-refractivity contribution >= 4 is 15.9 Å². The van der Waals surface area contributed by atoms with E-state index in [0.29, 0.717) is 5.92 Å². The number of halogens is 1. The second-order valence-corrected chi connectivity index (χ2v) is 6.58. The van der Waals surface area contributed by atoms with Crippen LogP contribution in [0, 0.1) is 11.3 Å². The Labute approximate surface area is 127 Å². The zero-order valence-electron chi connectivity index (χ0n) is 11.9. The second-order valence-electron chi connectivity index (χ2n) is 6.02. The molecule has 20 heavy (non-hydrogen) atoms. The molecule has 0 spiro atoms. The molecule has 0 saturated carbocycles. The van der Waals surface area contributed by atoms with Gasteiger partial charge in [-0.15, -0.1) is 0 Å². The number of alkyl halides is 1. The zero-order chi connectivity index (χ0) is 14.3. The lowest BCUT2D eigenvalue weighted by Crippen LogP contribution is -2.59. The molecule has 0 aromatic carbocycles. The fourth-order valence-corrected chi connectivity index (χ4v) is 2.78. The van der Waals surface area contributed by atoms with Crippen LogP contribution in [0.2, 0.25) is 0 Å². The minimum absolute atomic E-state index is 0.0533. The van der Waals surface area contributed by atoms with E-state index < -0.39 is 11.9 Å². The standard InChI is InChI=1S/C7H11BrO3.C6H10O3/c1-6-9-3-7(2-8,4-10-6)5-11-6;1-6-7-2-5(3-8-6)4-9-6/h2-5H2,1H3;5H,2-4H2,1H3. The Balaban J connectivity index is 0.000000123. The molecule has 0 unspecified atom stereocenters. The zero-order valence-corrected chi connectivity index (χ0v) is 13.4. The van der Waals surface area contributed by atoms with Gasteiger partial charge in [0.25, 0.3) is 11.9 Å². The Bertz CT molecular complexity index is 316. The van der Waals surface area contributed by atoms with Gasteiger partial charge in [0.05, 0.1) is 45.1 Å². The van der Waals surface area contributed by atoms with Crippen molar-refractivity contribution in [3.05, 3.63) is 0 Å². The van der Waals surface area contributed by atoms with Crippen molar-refractivity contribution in [3.63, 3.8) is 0 Å². The molecule has 0 aromatic heterocycles. The van der Waals surface area contributed by atoms with Crippen molar-refractivity contribution < 1.29 is 28.4 Å². The van der Waals surface area contributed by atoms with Crippen LogP contribution in [0.5, 0.6) is 0 Å². The van der Waals surface area contributed by atoms with Crippen LogP contribution in [0.4, 0.5) is 0 Å². The summed E-state index contributed by atoms with van der Waals surface area (Å²) < 4.78 is 31.8. The maximum absolute atomic E-state index is 5.38. The summed E-state index contributed by atoms with van der Waals surface area (Å²) in [6, 6.07) is 0. The van der Waals surface area contributed by atoms with E-state index in [-0.39, 0.29) is 5.41 Å². The van der Waals surface area contributed by atoms with Crippen LogP contribution in [-0.2, 0) is 28.4 Å². The highest BCUT2D eigenvalue weighted by Gasteiger charge is 2.49. The van der Waals surface area contributed by atoms with Gasteiger partial charge < -0.3 is 28.4 Å². The molecule has 116 valence electrons. The molecule has 0 atom stereocenters. The fourth-order valence-electron chi connectivity index (χ4n) is 2.30. The Hall–Kier alpha value is 0.240. The Morgan fingerprint density at radius 1 is 0.800 bits per heavy atom. The van der Waals surface area contributed by atoms with E-state index in [4.69, 9.17) is 28.4 Å². The summed E-state index contributed by atoms with van der Waals surface area (Å²) in [5.74, 6) is -1.01. The smallest absolute Gasteiger partial charge is 0.279 e. The molecule has 0 radical (unpaired) electrons. The maximum Gasteiger partial charge on any atom is 0.279 e. The molecule has 6 aliphatic rings. The molecule has 6 rings (SSSR count). The van der Waals surface area contributed by atoms with E-state index in [9.17, 15) is 0 Å². The molecule has 0 aliphatic carbocycles. The SMILES string of the molecule is CC12OCC(CBr)(CO1)CO2.CC12OCC(CO1)CO2. The average Bonchev–Trinajstić information content (AvgIpc) is 2.50. The number of ether oxygens (including phenoxy) is 6. The third kappa shape index (κ3) is 3.04. The summed E-state index contributed by atoms with van der Waals surface area (Å²) in [6.45, 7) is 8.18.